The number of nitrogens with one attached hydrogen (secondary N) is 1. The van der Waals surface area contributed by atoms with Crippen molar-refractivity contribution in [2.75, 3.05) is 0 Å². The van der Waals surface area contributed by atoms with E-state index in [1.807, 2.05) is 35.0 Å². The second-order valence-corrected chi connectivity index (χ2v) is 5.19. The fourth-order valence-corrected chi connectivity index (χ4v) is 2.34. The van der Waals surface area contributed by atoms with Crippen molar-refractivity contribution in [3.8, 4) is 0 Å². The van der Waals surface area contributed by atoms with Crippen LogP contribution in [0.15, 0.2) is 67.3 Å². The number of amides is 1. The van der Waals surface area contributed by atoms with Crippen LogP contribution in [0.4, 0.5) is 4.39 Å². The summed E-state index contributed by atoms with van der Waals surface area (Å²) in [5.74, 6) is -0.574. The summed E-state index contributed by atoms with van der Waals surface area (Å²) >= 11 is 0. The summed E-state index contributed by atoms with van der Waals surface area (Å²) in [5.41, 5.74) is 2.60. The Bertz CT molecular complexity index is 782. The summed E-state index contributed by atoms with van der Waals surface area (Å²) in [4.78, 5) is 16.1. The molecule has 0 aliphatic heterocycles. The van der Waals surface area contributed by atoms with E-state index in [1.54, 1.807) is 12.5 Å². The van der Waals surface area contributed by atoms with Crippen molar-refractivity contribution >= 4 is 5.91 Å². The van der Waals surface area contributed by atoms with E-state index < -0.39 is 0 Å². The number of nitrogens with zero attached hydrogens (tertiary/aromatic N) is 2. The molecule has 116 valence electrons. The van der Waals surface area contributed by atoms with E-state index in [-0.39, 0.29) is 11.7 Å². The molecule has 0 saturated carbocycles. The third-order valence-corrected chi connectivity index (χ3v) is 3.58. The Morgan fingerprint density at radius 1 is 1.09 bits per heavy atom. The van der Waals surface area contributed by atoms with Crippen molar-refractivity contribution in [2.24, 2.45) is 0 Å². The van der Waals surface area contributed by atoms with E-state index in [4.69, 9.17) is 0 Å². The Kier molecular flexibility index (Phi) is 4.47. The van der Waals surface area contributed by atoms with Gasteiger partial charge in [0.2, 0.25) is 0 Å². The number of imidazole rings is 1. The van der Waals surface area contributed by atoms with Crippen LogP contribution in [0, 0.1) is 5.82 Å². The van der Waals surface area contributed by atoms with Crippen LogP contribution < -0.4 is 5.32 Å². The highest BCUT2D eigenvalue weighted by Gasteiger charge is 2.07. The molecule has 0 aliphatic carbocycles. The molecule has 0 saturated heterocycles. The molecule has 5 heteroatoms. The number of halogens is 1. The van der Waals surface area contributed by atoms with E-state index in [0.717, 1.165) is 11.1 Å². The quantitative estimate of drug-likeness (QED) is 0.787. The summed E-state index contributed by atoms with van der Waals surface area (Å²) in [6.45, 7) is 1.11. The summed E-state index contributed by atoms with van der Waals surface area (Å²) in [6, 6.07) is 13.4. The molecular weight excluding hydrogens is 293 g/mol. The fourth-order valence-electron chi connectivity index (χ4n) is 2.34. The molecule has 1 aromatic heterocycles. The maximum Gasteiger partial charge on any atom is 0.251 e. The van der Waals surface area contributed by atoms with Crippen molar-refractivity contribution in [2.45, 2.75) is 13.1 Å². The molecule has 3 rings (SSSR count). The minimum atomic E-state index is -0.354. The molecule has 4 nitrogen and oxygen atoms in total. The van der Waals surface area contributed by atoms with Crippen LogP contribution in [0.2, 0.25) is 0 Å². The number of aromatic nitrogens is 2. The van der Waals surface area contributed by atoms with Crippen LogP contribution in [0.25, 0.3) is 0 Å². The van der Waals surface area contributed by atoms with Gasteiger partial charge in [-0.1, -0.05) is 24.3 Å². The van der Waals surface area contributed by atoms with Crippen LogP contribution in [0.3, 0.4) is 0 Å². The maximum absolute atomic E-state index is 12.9. The van der Waals surface area contributed by atoms with E-state index in [9.17, 15) is 9.18 Å². The maximum atomic E-state index is 12.9. The first kappa shape index (κ1) is 15.0. The number of benzene rings is 2. The molecule has 0 radical (unpaired) electrons. The summed E-state index contributed by atoms with van der Waals surface area (Å²) in [7, 11) is 0. The molecule has 1 heterocycles. The van der Waals surface area contributed by atoms with Gasteiger partial charge in [-0.2, -0.15) is 0 Å². The van der Waals surface area contributed by atoms with Gasteiger partial charge in [-0.25, -0.2) is 9.37 Å². The van der Waals surface area contributed by atoms with Gasteiger partial charge in [0.25, 0.3) is 5.91 Å². The smallest absolute Gasteiger partial charge is 0.251 e. The molecule has 0 aliphatic rings. The molecule has 2 aromatic carbocycles. The zero-order valence-corrected chi connectivity index (χ0v) is 12.4. The Balaban J connectivity index is 1.68. The van der Waals surface area contributed by atoms with Crippen molar-refractivity contribution in [3.05, 3.63) is 89.8 Å². The normalized spacial score (nSPS) is 10.5. The van der Waals surface area contributed by atoms with Gasteiger partial charge in [-0.05, 0) is 35.4 Å². The lowest BCUT2D eigenvalue weighted by atomic mass is 10.1. The molecule has 0 fully saturated rings. The zero-order valence-electron chi connectivity index (χ0n) is 12.4. The Hall–Kier alpha value is -2.95. The molecule has 3 aromatic rings. The van der Waals surface area contributed by atoms with Gasteiger partial charge in [0, 0.05) is 31.0 Å². The van der Waals surface area contributed by atoms with Gasteiger partial charge in [-0.3, -0.25) is 4.79 Å². The lowest BCUT2D eigenvalue weighted by molar-refractivity contribution is 0.0951. The van der Waals surface area contributed by atoms with Crippen LogP contribution in [0.1, 0.15) is 21.5 Å². The molecule has 0 atom stereocenters. The first-order valence-electron chi connectivity index (χ1n) is 7.28. The standard InChI is InChI=1S/C18H16FN3O/c19-17-7-5-14(6-8-17)18(23)21-11-15-3-1-2-4-16(15)12-22-10-9-20-13-22/h1-10,13H,11-12H2,(H,21,23). The molecule has 0 spiro atoms. The van der Waals surface area contributed by atoms with Gasteiger partial charge in [0.15, 0.2) is 0 Å². The SMILES string of the molecule is O=C(NCc1ccccc1Cn1ccnc1)c1ccc(F)cc1. The van der Waals surface area contributed by atoms with Crippen LogP contribution in [-0.4, -0.2) is 15.5 Å². The predicted octanol–water partition coefficient (Wildman–Crippen LogP) is 3.00. The largest absolute Gasteiger partial charge is 0.348 e. The van der Waals surface area contributed by atoms with Gasteiger partial charge in [-0.15, -0.1) is 0 Å². The lowest BCUT2D eigenvalue weighted by Gasteiger charge is -2.11. The van der Waals surface area contributed by atoms with Gasteiger partial charge in [0.05, 0.1) is 6.33 Å². The Morgan fingerprint density at radius 3 is 2.52 bits per heavy atom. The second-order valence-electron chi connectivity index (χ2n) is 5.19. The second kappa shape index (κ2) is 6.87. The molecule has 23 heavy (non-hydrogen) atoms. The van der Waals surface area contributed by atoms with Crippen LogP contribution >= 0.6 is 0 Å². The summed E-state index contributed by atoms with van der Waals surface area (Å²) in [5, 5.41) is 2.87. The molecule has 0 bridgehead atoms. The molecular formula is C18H16FN3O. The number of carbonyl (C=O) groups excluding carboxylic acids is 1. The zero-order chi connectivity index (χ0) is 16.1. The topological polar surface area (TPSA) is 46.9 Å². The average molecular weight is 309 g/mol. The number of hydrogen-bond acceptors (Lipinski definition) is 2. The van der Waals surface area contributed by atoms with Crippen molar-refractivity contribution in [1.29, 1.82) is 0 Å². The van der Waals surface area contributed by atoms with E-state index in [2.05, 4.69) is 10.3 Å². The fraction of sp³-hybridized carbons (Fsp3) is 0.111. The number of rotatable bonds is 5. The summed E-state index contributed by atoms with van der Waals surface area (Å²) < 4.78 is 14.9. The minimum absolute atomic E-state index is 0.220. The van der Waals surface area contributed by atoms with Gasteiger partial charge in [0.1, 0.15) is 5.82 Å². The van der Waals surface area contributed by atoms with Crippen LogP contribution in [0.5, 0.6) is 0 Å². The highest BCUT2D eigenvalue weighted by Crippen LogP contribution is 2.11. The Morgan fingerprint density at radius 2 is 1.83 bits per heavy atom. The number of carbonyl (C=O) groups is 1. The first-order chi connectivity index (χ1) is 11.2. The minimum Gasteiger partial charge on any atom is -0.348 e. The van der Waals surface area contributed by atoms with Crippen molar-refractivity contribution < 1.29 is 9.18 Å². The monoisotopic (exact) mass is 309 g/mol. The third-order valence-electron chi connectivity index (χ3n) is 3.58. The molecule has 1 N–H and O–H groups in total. The first-order valence-corrected chi connectivity index (χ1v) is 7.28. The predicted molar refractivity (Wildman–Crippen MR) is 85.3 cm³/mol. The number of hydrogen-bond donors (Lipinski definition) is 1. The highest BCUT2D eigenvalue weighted by atomic mass is 19.1. The molecule has 0 unspecified atom stereocenters. The van der Waals surface area contributed by atoms with Gasteiger partial charge < -0.3 is 9.88 Å². The average Bonchev–Trinajstić information content (AvgIpc) is 3.07. The third kappa shape index (κ3) is 3.83. The van der Waals surface area contributed by atoms with Crippen molar-refractivity contribution in [1.82, 2.24) is 14.9 Å². The van der Waals surface area contributed by atoms with E-state index in [1.165, 1.54) is 24.3 Å². The highest BCUT2D eigenvalue weighted by molar-refractivity contribution is 5.94. The Labute approximate surface area is 133 Å². The van der Waals surface area contributed by atoms with Gasteiger partial charge >= 0.3 is 0 Å². The molecule has 1 amide bonds. The van der Waals surface area contributed by atoms with Crippen LogP contribution in [-0.2, 0) is 13.1 Å². The lowest BCUT2D eigenvalue weighted by Crippen LogP contribution is -2.23. The van der Waals surface area contributed by atoms with E-state index >= 15 is 0 Å². The summed E-state index contributed by atoms with van der Waals surface area (Å²) in [6.07, 6.45) is 5.39. The van der Waals surface area contributed by atoms with Crippen molar-refractivity contribution in [3.63, 3.8) is 0 Å². The van der Waals surface area contributed by atoms with E-state index in [0.29, 0.717) is 18.7 Å².